The number of phenols is 1. The average Bonchev–Trinajstić information content (AvgIpc) is 2.92. The fourth-order valence-electron chi connectivity index (χ4n) is 4.28. The van der Waals surface area contributed by atoms with Crippen molar-refractivity contribution < 1.29 is 24.5 Å². The highest BCUT2D eigenvalue weighted by atomic mass is 32.2. The molecule has 36 heavy (non-hydrogen) atoms. The van der Waals surface area contributed by atoms with Crippen LogP contribution in [0.2, 0.25) is 0 Å². The number of thioether (sulfide) groups is 1. The van der Waals surface area contributed by atoms with Crippen LogP contribution in [0.1, 0.15) is 22.8 Å². The summed E-state index contributed by atoms with van der Waals surface area (Å²) in [6, 6.07) is 24.8. The number of aliphatic hydroxyl groups excluding tert-OH is 1. The number of aliphatic imine (C=N–C) groups is 1. The zero-order chi connectivity index (χ0) is 25.1. The van der Waals surface area contributed by atoms with E-state index in [1.54, 1.807) is 24.3 Å². The van der Waals surface area contributed by atoms with Crippen molar-refractivity contribution >= 4 is 29.9 Å². The molecule has 1 unspecified atom stereocenters. The van der Waals surface area contributed by atoms with Crippen molar-refractivity contribution in [2.24, 2.45) is 4.99 Å². The molecule has 7 nitrogen and oxygen atoms in total. The van der Waals surface area contributed by atoms with Gasteiger partial charge in [0, 0.05) is 17.5 Å². The van der Waals surface area contributed by atoms with E-state index in [9.17, 15) is 19.8 Å². The minimum Gasteiger partial charge on any atom is -0.507 e. The van der Waals surface area contributed by atoms with Crippen molar-refractivity contribution in [3.05, 3.63) is 113 Å². The SMILES string of the molecule is O=C(OC(c1ccccc1)c1ccccc1)C1=C(CO)CS[C@@H]2C(N=Cc3ccccc3O)C(=O)N12. The largest absolute Gasteiger partial charge is 0.507 e. The highest BCUT2D eigenvalue weighted by molar-refractivity contribution is 8.00. The van der Waals surface area contributed by atoms with Gasteiger partial charge in [0.15, 0.2) is 12.1 Å². The maximum Gasteiger partial charge on any atom is 0.356 e. The number of phenolic OH excluding ortho intramolecular Hbond substituents is 1. The standard InChI is InChI=1S/C28H24N2O5S/c31-16-21-17-36-27-23(29-15-20-13-7-8-14-22(20)32)26(33)30(27)24(21)28(34)35-25(18-9-3-1-4-10-18)19-11-5-2-6-12-19/h1-15,23,25,27,31-32H,16-17H2/t23?,27-/m1/s1. The topological polar surface area (TPSA) is 99.4 Å². The number of β-lactam (4-membered cyclic amide) rings is 1. The van der Waals surface area contributed by atoms with Crippen LogP contribution in [0.3, 0.4) is 0 Å². The molecule has 5 rings (SSSR count). The number of nitrogens with zero attached hydrogens (tertiary/aromatic N) is 2. The van der Waals surface area contributed by atoms with Gasteiger partial charge in [-0.25, -0.2) is 4.79 Å². The summed E-state index contributed by atoms with van der Waals surface area (Å²) < 4.78 is 5.99. The number of hydrogen-bond donors (Lipinski definition) is 2. The Morgan fingerprint density at radius 1 is 1.03 bits per heavy atom. The third-order valence-corrected chi connectivity index (χ3v) is 7.47. The molecular formula is C28H24N2O5S. The van der Waals surface area contributed by atoms with E-state index >= 15 is 0 Å². The summed E-state index contributed by atoms with van der Waals surface area (Å²) in [6.07, 6.45) is 0.798. The summed E-state index contributed by atoms with van der Waals surface area (Å²) in [5.41, 5.74) is 2.62. The van der Waals surface area contributed by atoms with Crippen LogP contribution in [0.4, 0.5) is 0 Å². The van der Waals surface area contributed by atoms with Crippen molar-refractivity contribution in [3.8, 4) is 5.75 Å². The van der Waals surface area contributed by atoms with Crippen LogP contribution in [0, 0.1) is 0 Å². The number of carbonyl (C=O) groups is 2. The van der Waals surface area contributed by atoms with Crippen molar-refractivity contribution in [2.75, 3.05) is 12.4 Å². The Labute approximate surface area is 212 Å². The lowest BCUT2D eigenvalue weighted by atomic mass is 10.0. The molecule has 3 aromatic rings. The van der Waals surface area contributed by atoms with E-state index in [2.05, 4.69) is 4.99 Å². The van der Waals surface area contributed by atoms with Gasteiger partial charge < -0.3 is 14.9 Å². The number of amides is 1. The maximum absolute atomic E-state index is 13.5. The number of esters is 1. The van der Waals surface area contributed by atoms with E-state index < -0.39 is 23.5 Å². The molecule has 2 aliphatic rings. The number of aromatic hydroxyl groups is 1. The first-order valence-corrected chi connectivity index (χ1v) is 12.5. The second-order valence-corrected chi connectivity index (χ2v) is 9.51. The predicted molar refractivity (Wildman–Crippen MR) is 138 cm³/mol. The number of ether oxygens (including phenoxy) is 1. The number of carbonyl (C=O) groups excluding carboxylic acids is 2. The van der Waals surface area contributed by atoms with Gasteiger partial charge in [-0.1, -0.05) is 72.8 Å². The van der Waals surface area contributed by atoms with Crippen molar-refractivity contribution in [1.82, 2.24) is 4.90 Å². The van der Waals surface area contributed by atoms with Crippen LogP contribution >= 0.6 is 11.8 Å². The second kappa shape index (κ2) is 10.4. The monoisotopic (exact) mass is 500 g/mol. The Morgan fingerprint density at radius 3 is 2.25 bits per heavy atom. The average molecular weight is 501 g/mol. The molecule has 8 heteroatoms. The van der Waals surface area contributed by atoms with Gasteiger partial charge in [-0.05, 0) is 28.8 Å². The summed E-state index contributed by atoms with van der Waals surface area (Å²) >= 11 is 1.43. The number of fused-ring (bicyclic) bond motifs is 1. The van der Waals surface area contributed by atoms with Crippen molar-refractivity contribution in [2.45, 2.75) is 17.5 Å². The molecule has 0 aromatic heterocycles. The van der Waals surface area contributed by atoms with Gasteiger partial charge in [0.2, 0.25) is 0 Å². The highest BCUT2D eigenvalue weighted by Crippen LogP contribution is 2.42. The van der Waals surface area contributed by atoms with E-state index in [1.165, 1.54) is 22.9 Å². The van der Waals surface area contributed by atoms with Gasteiger partial charge in [0.25, 0.3) is 5.91 Å². The molecule has 2 aliphatic heterocycles. The van der Waals surface area contributed by atoms with Gasteiger partial charge in [-0.2, -0.15) is 0 Å². The molecule has 0 radical (unpaired) electrons. The smallest absolute Gasteiger partial charge is 0.356 e. The van der Waals surface area contributed by atoms with Gasteiger partial charge in [0.05, 0.1) is 6.61 Å². The van der Waals surface area contributed by atoms with Crippen LogP contribution in [0.5, 0.6) is 5.75 Å². The van der Waals surface area contributed by atoms with E-state index in [4.69, 9.17) is 4.74 Å². The molecule has 1 amide bonds. The van der Waals surface area contributed by atoms with Crippen LogP contribution in [0.25, 0.3) is 0 Å². The Morgan fingerprint density at radius 2 is 1.64 bits per heavy atom. The Balaban J connectivity index is 1.41. The third-order valence-electron chi connectivity index (χ3n) is 6.14. The maximum atomic E-state index is 13.5. The van der Waals surface area contributed by atoms with Gasteiger partial charge in [-0.3, -0.25) is 14.7 Å². The summed E-state index contributed by atoms with van der Waals surface area (Å²) in [5.74, 6) is -0.577. The molecule has 0 aliphatic carbocycles. The summed E-state index contributed by atoms with van der Waals surface area (Å²) in [6.45, 7) is -0.360. The summed E-state index contributed by atoms with van der Waals surface area (Å²) in [4.78, 5) is 32.4. The molecule has 1 saturated heterocycles. The van der Waals surface area contributed by atoms with Gasteiger partial charge in [-0.15, -0.1) is 11.8 Å². The molecule has 2 atom stereocenters. The van der Waals surface area contributed by atoms with Gasteiger partial charge >= 0.3 is 5.97 Å². The normalized spacial score (nSPS) is 19.4. The van der Waals surface area contributed by atoms with Crippen LogP contribution in [0.15, 0.2) is 101 Å². The molecule has 182 valence electrons. The lowest BCUT2D eigenvalue weighted by Crippen LogP contribution is -2.64. The molecule has 0 spiro atoms. The predicted octanol–water partition coefficient (Wildman–Crippen LogP) is 3.67. The number of hydrogen-bond acceptors (Lipinski definition) is 7. The quantitative estimate of drug-likeness (QED) is 0.292. The Hall–Kier alpha value is -3.88. The molecule has 2 N–H and O–H groups in total. The number of aliphatic hydroxyl groups is 1. The fourth-order valence-corrected chi connectivity index (χ4v) is 5.61. The molecule has 1 fully saturated rings. The Bertz CT molecular complexity index is 1290. The molecule has 0 saturated carbocycles. The first-order valence-electron chi connectivity index (χ1n) is 11.5. The first-order chi connectivity index (χ1) is 17.6. The third kappa shape index (κ3) is 4.53. The molecular weight excluding hydrogens is 476 g/mol. The van der Waals surface area contributed by atoms with E-state index in [-0.39, 0.29) is 24.0 Å². The first kappa shape index (κ1) is 23.8. The zero-order valence-electron chi connectivity index (χ0n) is 19.2. The minimum atomic E-state index is -0.698. The Kier molecular flexibility index (Phi) is 6.88. The van der Waals surface area contributed by atoms with E-state index in [0.717, 1.165) is 11.1 Å². The van der Waals surface area contributed by atoms with E-state index in [1.807, 2.05) is 60.7 Å². The van der Waals surface area contributed by atoms with Crippen LogP contribution in [-0.2, 0) is 14.3 Å². The number of benzene rings is 3. The number of rotatable bonds is 7. The fraction of sp³-hybridized carbons (Fsp3) is 0.179. The van der Waals surface area contributed by atoms with Crippen LogP contribution < -0.4 is 0 Å². The van der Waals surface area contributed by atoms with Crippen molar-refractivity contribution in [1.29, 1.82) is 0 Å². The summed E-state index contributed by atoms with van der Waals surface area (Å²) in [7, 11) is 0. The van der Waals surface area contributed by atoms with Crippen molar-refractivity contribution in [3.63, 3.8) is 0 Å². The molecule has 3 aromatic carbocycles. The molecule has 2 heterocycles. The van der Waals surface area contributed by atoms with Gasteiger partial charge in [0.1, 0.15) is 16.8 Å². The van der Waals surface area contributed by atoms with E-state index in [0.29, 0.717) is 16.9 Å². The minimum absolute atomic E-state index is 0.0702. The second-order valence-electron chi connectivity index (χ2n) is 8.41. The lowest BCUT2D eigenvalue weighted by Gasteiger charge is -2.48. The summed E-state index contributed by atoms with van der Waals surface area (Å²) in [5, 5.41) is 19.5. The molecule has 0 bridgehead atoms. The highest BCUT2D eigenvalue weighted by Gasteiger charge is 2.54. The van der Waals surface area contributed by atoms with Crippen LogP contribution in [-0.4, -0.2) is 57.0 Å². The lowest BCUT2D eigenvalue weighted by molar-refractivity contribution is -0.153. The zero-order valence-corrected chi connectivity index (χ0v) is 20.0. The number of para-hydroxylation sites is 1.